The number of hydrogen-bond donors (Lipinski definition) is 1. The van der Waals surface area contributed by atoms with Gasteiger partial charge in [0.2, 0.25) is 5.91 Å². The van der Waals surface area contributed by atoms with E-state index in [1.54, 1.807) is 0 Å². The lowest BCUT2D eigenvalue weighted by Gasteiger charge is -2.33. The lowest BCUT2D eigenvalue weighted by atomic mass is 9.80. The van der Waals surface area contributed by atoms with Crippen molar-refractivity contribution in [3.05, 3.63) is 0 Å². The lowest BCUT2D eigenvalue weighted by molar-refractivity contribution is -0.134. The first-order chi connectivity index (χ1) is 7.46. The number of nitriles is 1. The van der Waals surface area contributed by atoms with Crippen LogP contribution < -0.4 is 5.32 Å². The number of nitrogens with zero attached hydrogens (tertiary/aromatic N) is 1. The van der Waals surface area contributed by atoms with Crippen molar-refractivity contribution in [1.29, 1.82) is 5.26 Å². The Balaban J connectivity index is 2.74. The molecule has 0 spiro atoms. The van der Waals surface area contributed by atoms with E-state index in [-0.39, 0.29) is 11.4 Å². The minimum atomic E-state index is -0.884. The summed E-state index contributed by atoms with van der Waals surface area (Å²) in [6.07, 6.45) is 1.83. The van der Waals surface area contributed by atoms with Gasteiger partial charge in [0.15, 0.2) is 0 Å². The molecule has 0 unspecified atom stereocenters. The van der Waals surface area contributed by atoms with Crippen molar-refractivity contribution in [1.82, 2.24) is 5.32 Å². The molecule has 0 aromatic carbocycles. The third-order valence-electron chi connectivity index (χ3n) is 3.33. The zero-order chi connectivity index (χ0) is 12.2. The van der Waals surface area contributed by atoms with Crippen LogP contribution in [0.1, 0.15) is 40.0 Å². The van der Waals surface area contributed by atoms with E-state index in [4.69, 9.17) is 4.74 Å². The molecule has 4 heteroatoms. The Bertz CT molecular complexity index is 299. The molecular formula is C12H20N2O2. The molecule has 0 aliphatic carbocycles. The van der Waals surface area contributed by atoms with Crippen LogP contribution in [0, 0.1) is 16.7 Å². The minimum Gasteiger partial charge on any atom is -0.381 e. The van der Waals surface area contributed by atoms with Crippen molar-refractivity contribution in [3.63, 3.8) is 0 Å². The molecule has 0 atom stereocenters. The molecule has 0 aromatic heterocycles. The Morgan fingerprint density at radius 2 is 2.06 bits per heavy atom. The number of hydrogen-bond acceptors (Lipinski definition) is 3. The average Bonchev–Trinajstić information content (AvgIpc) is 2.29. The van der Waals surface area contributed by atoms with Crippen LogP contribution in [0.5, 0.6) is 0 Å². The van der Waals surface area contributed by atoms with E-state index < -0.39 is 5.41 Å². The smallest absolute Gasteiger partial charge is 0.241 e. The average molecular weight is 224 g/mol. The van der Waals surface area contributed by atoms with E-state index >= 15 is 0 Å². The maximum Gasteiger partial charge on any atom is 0.241 e. The summed E-state index contributed by atoms with van der Waals surface area (Å²) in [5, 5.41) is 12.2. The van der Waals surface area contributed by atoms with E-state index in [0.717, 1.165) is 6.42 Å². The van der Waals surface area contributed by atoms with Crippen LogP contribution in [0.15, 0.2) is 0 Å². The van der Waals surface area contributed by atoms with Gasteiger partial charge < -0.3 is 10.1 Å². The fraction of sp³-hybridized carbons (Fsp3) is 0.833. The van der Waals surface area contributed by atoms with Crippen LogP contribution in [-0.4, -0.2) is 24.7 Å². The molecule has 4 nitrogen and oxygen atoms in total. The predicted octanol–water partition coefficient (Wildman–Crippen LogP) is 1.61. The normalized spacial score (nSPS) is 19.9. The highest BCUT2D eigenvalue weighted by molar-refractivity contribution is 5.86. The molecule has 0 bridgehead atoms. The first-order valence-electron chi connectivity index (χ1n) is 5.77. The van der Waals surface area contributed by atoms with E-state index in [1.807, 2.05) is 20.8 Å². The van der Waals surface area contributed by atoms with Crippen LogP contribution in [0.2, 0.25) is 0 Å². The van der Waals surface area contributed by atoms with Gasteiger partial charge in [-0.1, -0.05) is 6.92 Å². The molecule has 1 saturated heterocycles. The van der Waals surface area contributed by atoms with Gasteiger partial charge >= 0.3 is 0 Å². The largest absolute Gasteiger partial charge is 0.381 e. The van der Waals surface area contributed by atoms with Gasteiger partial charge in [0.25, 0.3) is 0 Å². The molecule has 0 saturated carbocycles. The fourth-order valence-corrected chi connectivity index (χ4v) is 1.62. The number of carbonyl (C=O) groups is 1. The van der Waals surface area contributed by atoms with Crippen molar-refractivity contribution in [2.45, 2.75) is 45.6 Å². The van der Waals surface area contributed by atoms with Crippen LogP contribution in [-0.2, 0) is 9.53 Å². The second-order valence-electron chi connectivity index (χ2n) is 5.00. The molecule has 1 aliphatic heterocycles. The van der Waals surface area contributed by atoms with Crippen molar-refractivity contribution >= 4 is 5.91 Å². The summed E-state index contributed by atoms with van der Waals surface area (Å²) in [4.78, 5) is 12.1. The first-order valence-corrected chi connectivity index (χ1v) is 5.77. The monoisotopic (exact) mass is 224 g/mol. The molecule has 90 valence electrons. The van der Waals surface area contributed by atoms with Gasteiger partial charge in [0, 0.05) is 18.8 Å². The van der Waals surface area contributed by atoms with Gasteiger partial charge in [-0.15, -0.1) is 0 Å². The molecular weight excluding hydrogens is 204 g/mol. The van der Waals surface area contributed by atoms with Gasteiger partial charge in [-0.05, 0) is 33.1 Å². The van der Waals surface area contributed by atoms with Crippen LogP contribution >= 0.6 is 0 Å². The topological polar surface area (TPSA) is 62.1 Å². The van der Waals surface area contributed by atoms with Gasteiger partial charge in [-0.25, -0.2) is 0 Å². The highest BCUT2D eigenvalue weighted by atomic mass is 16.5. The van der Waals surface area contributed by atoms with E-state index in [2.05, 4.69) is 11.4 Å². The molecule has 0 radical (unpaired) electrons. The van der Waals surface area contributed by atoms with Gasteiger partial charge in [0.1, 0.15) is 5.41 Å². The third kappa shape index (κ3) is 2.73. The summed E-state index contributed by atoms with van der Waals surface area (Å²) in [6.45, 7) is 6.94. The third-order valence-corrected chi connectivity index (χ3v) is 3.33. The van der Waals surface area contributed by atoms with Gasteiger partial charge in [-0.2, -0.15) is 5.26 Å². The summed E-state index contributed by atoms with van der Waals surface area (Å²) < 4.78 is 5.20. The summed E-state index contributed by atoms with van der Waals surface area (Å²) in [5.74, 6) is -0.148. The van der Waals surface area contributed by atoms with E-state index in [9.17, 15) is 10.1 Å². The quantitative estimate of drug-likeness (QED) is 0.792. The number of nitrogens with one attached hydrogen (secondary N) is 1. The van der Waals surface area contributed by atoms with Gasteiger partial charge in [0.05, 0.1) is 6.07 Å². The molecule has 1 amide bonds. The Morgan fingerprint density at radius 3 is 2.50 bits per heavy atom. The highest BCUT2D eigenvalue weighted by Crippen LogP contribution is 2.30. The van der Waals surface area contributed by atoms with Crippen molar-refractivity contribution < 1.29 is 9.53 Å². The maximum absolute atomic E-state index is 12.1. The molecule has 1 fully saturated rings. The fourth-order valence-electron chi connectivity index (χ4n) is 1.62. The minimum absolute atomic E-state index is 0.148. The molecule has 0 aromatic rings. The predicted molar refractivity (Wildman–Crippen MR) is 60.6 cm³/mol. The second-order valence-corrected chi connectivity index (χ2v) is 5.00. The zero-order valence-electron chi connectivity index (χ0n) is 10.3. The SMILES string of the molecule is CCC(C)(C)NC(=O)C1(C#N)CCOCC1. The second kappa shape index (κ2) is 4.84. The molecule has 1 heterocycles. The Labute approximate surface area is 97.0 Å². The summed E-state index contributed by atoms with van der Waals surface area (Å²) in [5.41, 5.74) is -1.13. The van der Waals surface area contributed by atoms with Gasteiger partial charge in [-0.3, -0.25) is 4.79 Å². The van der Waals surface area contributed by atoms with Crippen molar-refractivity contribution in [2.24, 2.45) is 5.41 Å². The summed E-state index contributed by atoms with van der Waals surface area (Å²) in [6, 6.07) is 2.17. The molecule has 1 rings (SSSR count). The van der Waals surface area contributed by atoms with E-state index in [0.29, 0.717) is 26.1 Å². The number of rotatable bonds is 3. The standard InChI is InChI=1S/C12H20N2O2/c1-4-11(2,3)14-10(15)12(9-13)5-7-16-8-6-12/h4-8H2,1-3H3,(H,14,15). The molecule has 1 aliphatic rings. The van der Waals surface area contributed by atoms with E-state index in [1.165, 1.54) is 0 Å². The number of carbonyl (C=O) groups excluding carboxylic acids is 1. The van der Waals surface area contributed by atoms with Crippen molar-refractivity contribution in [2.75, 3.05) is 13.2 Å². The summed E-state index contributed by atoms with van der Waals surface area (Å²) >= 11 is 0. The van der Waals surface area contributed by atoms with Crippen LogP contribution in [0.3, 0.4) is 0 Å². The van der Waals surface area contributed by atoms with Crippen molar-refractivity contribution in [3.8, 4) is 6.07 Å². The highest BCUT2D eigenvalue weighted by Gasteiger charge is 2.41. The lowest BCUT2D eigenvalue weighted by Crippen LogP contribution is -2.51. The zero-order valence-corrected chi connectivity index (χ0v) is 10.3. The Kier molecular flexibility index (Phi) is 3.93. The number of ether oxygens (including phenoxy) is 1. The van der Waals surface area contributed by atoms with Crippen LogP contribution in [0.4, 0.5) is 0 Å². The summed E-state index contributed by atoms with van der Waals surface area (Å²) in [7, 11) is 0. The maximum atomic E-state index is 12.1. The first kappa shape index (κ1) is 13.0. The number of amides is 1. The molecule has 16 heavy (non-hydrogen) atoms. The van der Waals surface area contributed by atoms with Crippen LogP contribution in [0.25, 0.3) is 0 Å². The Hall–Kier alpha value is -1.08. The Morgan fingerprint density at radius 1 is 1.50 bits per heavy atom. The molecule has 1 N–H and O–H groups in total.